The highest BCUT2D eigenvalue weighted by Crippen LogP contribution is 2.51. The number of carbonyl (C=O) groups excluding carboxylic acids is 1. The average Bonchev–Trinajstić information content (AvgIpc) is 3.54. The molecule has 1 unspecified atom stereocenters. The molecule has 2 aliphatic heterocycles. The van der Waals surface area contributed by atoms with E-state index in [4.69, 9.17) is 0 Å². The van der Waals surface area contributed by atoms with Gasteiger partial charge < -0.3 is 10.2 Å². The molecule has 3 aliphatic rings. The van der Waals surface area contributed by atoms with E-state index in [0.717, 1.165) is 45.7 Å². The van der Waals surface area contributed by atoms with E-state index in [1.165, 1.54) is 49.8 Å². The predicted octanol–water partition coefficient (Wildman–Crippen LogP) is 3.48. The van der Waals surface area contributed by atoms with Crippen molar-refractivity contribution in [2.45, 2.75) is 50.0 Å². The lowest BCUT2D eigenvalue weighted by Gasteiger charge is -2.43. The Morgan fingerprint density at radius 1 is 0.946 bits per heavy atom. The molecular formula is C29H40N4O3S. The summed E-state index contributed by atoms with van der Waals surface area (Å²) in [6.45, 7) is 7.28. The molecule has 7 nitrogen and oxygen atoms in total. The van der Waals surface area contributed by atoms with Gasteiger partial charge in [-0.1, -0.05) is 36.8 Å². The van der Waals surface area contributed by atoms with Crippen LogP contribution >= 0.6 is 0 Å². The molecule has 0 aromatic heterocycles. The van der Waals surface area contributed by atoms with Crippen LogP contribution in [0.2, 0.25) is 0 Å². The number of rotatable bonds is 11. The molecule has 2 N–H and O–H groups in total. The molecule has 0 radical (unpaired) electrons. The van der Waals surface area contributed by atoms with E-state index in [1.807, 2.05) is 6.07 Å². The maximum Gasteiger partial charge on any atom is 0.251 e. The van der Waals surface area contributed by atoms with Crippen molar-refractivity contribution in [3.8, 4) is 0 Å². The summed E-state index contributed by atoms with van der Waals surface area (Å²) in [6, 6.07) is 16.9. The molecule has 2 aromatic rings. The summed E-state index contributed by atoms with van der Waals surface area (Å²) >= 11 is 0. The number of hydrogen-bond donors (Lipinski definition) is 2. The van der Waals surface area contributed by atoms with Crippen molar-refractivity contribution in [3.05, 3.63) is 65.7 Å². The maximum absolute atomic E-state index is 12.9. The van der Waals surface area contributed by atoms with Crippen LogP contribution in [0, 0.1) is 11.3 Å². The zero-order valence-electron chi connectivity index (χ0n) is 21.7. The van der Waals surface area contributed by atoms with E-state index >= 15 is 0 Å². The molecule has 2 aromatic carbocycles. The number of nitrogens with zero attached hydrogens (tertiary/aromatic N) is 2. The van der Waals surface area contributed by atoms with Gasteiger partial charge in [0.05, 0.1) is 4.90 Å². The third-order valence-electron chi connectivity index (χ3n) is 8.56. The first-order valence-electron chi connectivity index (χ1n) is 13.8. The summed E-state index contributed by atoms with van der Waals surface area (Å²) in [6.07, 6.45) is 7.00. The minimum absolute atomic E-state index is 0.140. The molecule has 200 valence electrons. The second-order valence-corrected chi connectivity index (χ2v) is 12.9. The molecule has 2 heterocycles. The van der Waals surface area contributed by atoms with Crippen molar-refractivity contribution in [1.29, 1.82) is 0 Å². The smallest absolute Gasteiger partial charge is 0.251 e. The Morgan fingerprint density at radius 2 is 1.68 bits per heavy atom. The summed E-state index contributed by atoms with van der Waals surface area (Å²) in [5.74, 6) is 0.303. The van der Waals surface area contributed by atoms with Gasteiger partial charge >= 0.3 is 0 Å². The molecule has 3 fully saturated rings. The Morgan fingerprint density at radius 3 is 2.35 bits per heavy atom. The number of likely N-dealkylation sites (tertiary alicyclic amines) is 2. The van der Waals surface area contributed by atoms with Gasteiger partial charge in [-0.15, -0.1) is 0 Å². The number of nitrogens with one attached hydrogen (secondary N) is 2. The summed E-state index contributed by atoms with van der Waals surface area (Å²) in [5.41, 5.74) is 2.15. The minimum Gasteiger partial charge on any atom is -0.352 e. The number of hydrogen-bond acceptors (Lipinski definition) is 5. The molecule has 0 bridgehead atoms. The van der Waals surface area contributed by atoms with E-state index < -0.39 is 10.0 Å². The third-order valence-corrected chi connectivity index (χ3v) is 10.0. The van der Waals surface area contributed by atoms with Gasteiger partial charge in [0.1, 0.15) is 0 Å². The molecule has 5 rings (SSSR count). The number of sulfonamides is 1. The van der Waals surface area contributed by atoms with Crippen molar-refractivity contribution < 1.29 is 13.2 Å². The molecule has 8 heteroatoms. The van der Waals surface area contributed by atoms with Crippen LogP contribution in [0.5, 0.6) is 0 Å². The van der Waals surface area contributed by atoms with Gasteiger partial charge in [-0.05, 0) is 92.9 Å². The summed E-state index contributed by atoms with van der Waals surface area (Å²) < 4.78 is 28.0. The third kappa shape index (κ3) is 6.42. The Bertz CT molecular complexity index is 1140. The fourth-order valence-corrected chi connectivity index (χ4v) is 7.36. The van der Waals surface area contributed by atoms with E-state index in [-0.39, 0.29) is 10.8 Å². The van der Waals surface area contributed by atoms with Crippen LogP contribution in [0.3, 0.4) is 0 Å². The summed E-state index contributed by atoms with van der Waals surface area (Å²) in [4.78, 5) is 18.0. The monoisotopic (exact) mass is 524 g/mol. The second kappa shape index (κ2) is 11.6. The predicted molar refractivity (Wildman–Crippen MR) is 146 cm³/mol. The number of carbonyl (C=O) groups is 1. The lowest BCUT2D eigenvalue weighted by molar-refractivity contribution is 0.0803. The van der Waals surface area contributed by atoms with Crippen molar-refractivity contribution >= 4 is 15.9 Å². The van der Waals surface area contributed by atoms with E-state index in [2.05, 4.69) is 44.1 Å². The van der Waals surface area contributed by atoms with Gasteiger partial charge in [-0.2, -0.15) is 0 Å². The Kier molecular flexibility index (Phi) is 8.29. The lowest BCUT2D eigenvalue weighted by atomic mass is 9.63. The Labute approximate surface area is 221 Å². The van der Waals surface area contributed by atoms with Gasteiger partial charge in [0, 0.05) is 38.3 Å². The van der Waals surface area contributed by atoms with Crippen molar-refractivity contribution in [1.82, 2.24) is 19.8 Å². The standard InChI is InChI=1S/C29H40N4O3S/c34-28(25-10-12-27(13-11-25)37(35,36)31-16-7-19-32-17-4-5-18-32)30-20-26-22-33(23-29(26)14-6-15-29)21-24-8-2-1-3-9-24/h1-3,8-13,26,31H,4-7,14-23H2,(H,30,34). The van der Waals surface area contributed by atoms with Gasteiger partial charge in [0.25, 0.3) is 5.91 Å². The fraction of sp³-hybridized carbons (Fsp3) is 0.552. The van der Waals surface area contributed by atoms with Crippen LogP contribution in [0.25, 0.3) is 0 Å². The van der Waals surface area contributed by atoms with Gasteiger partial charge in [-0.3, -0.25) is 9.69 Å². The Hall–Kier alpha value is -2.26. The molecule has 1 saturated carbocycles. The first kappa shape index (κ1) is 26.4. The average molecular weight is 525 g/mol. The Balaban J connectivity index is 1.10. The second-order valence-electron chi connectivity index (χ2n) is 11.1. The molecule has 37 heavy (non-hydrogen) atoms. The number of amides is 1. The van der Waals surface area contributed by atoms with Gasteiger partial charge in [0.15, 0.2) is 0 Å². The highest BCUT2D eigenvalue weighted by atomic mass is 32.2. The van der Waals surface area contributed by atoms with E-state index in [0.29, 0.717) is 30.0 Å². The normalized spacial score (nSPS) is 21.8. The first-order chi connectivity index (χ1) is 17.9. The van der Waals surface area contributed by atoms with Crippen molar-refractivity contribution in [2.24, 2.45) is 11.3 Å². The van der Waals surface area contributed by atoms with Gasteiger partial charge in [-0.25, -0.2) is 13.1 Å². The SMILES string of the molecule is O=C(NCC1CN(Cc2ccccc2)CC12CCC2)c1ccc(S(=O)(=O)NCCCN2CCCC2)cc1. The van der Waals surface area contributed by atoms with Crippen LogP contribution in [-0.2, 0) is 16.6 Å². The topological polar surface area (TPSA) is 81.8 Å². The van der Waals surface area contributed by atoms with Gasteiger partial charge in [0.2, 0.25) is 10.0 Å². The largest absolute Gasteiger partial charge is 0.352 e. The maximum atomic E-state index is 12.9. The van der Waals surface area contributed by atoms with Crippen LogP contribution in [0.4, 0.5) is 0 Å². The van der Waals surface area contributed by atoms with E-state index in [1.54, 1.807) is 12.1 Å². The summed E-state index contributed by atoms with van der Waals surface area (Å²) in [5, 5.41) is 3.14. The minimum atomic E-state index is -3.57. The van der Waals surface area contributed by atoms with Crippen molar-refractivity contribution in [2.75, 3.05) is 45.8 Å². The molecule has 2 saturated heterocycles. The van der Waals surface area contributed by atoms with Crippen LogP contribution in [0.15, 0.2) is 59.5 Å². The molecule has 1 spiro atoms. The lowest BCUT2D eigenvalue weighted by Crippen LogP contribution is -2.43. The quantitative estimate of drug-likeness (QED) is 0.440. The molecule has 1 atom stereocenters. The van der Waals surface area contributed by atoms with Crippen LogP contribution in [-0.4, -0.2) is 69.9 Å². The zero-order valence-corrected chi connectivity index (χ0v) is 22.5. The van der Waals surface area contributed by atoms with Crippen LogP contribution in [0.1, 0.15) is 54.4 Å². The fourth-order valence-electron chi connectivity index (χ4n) is 6.29. The molecular weight excluding hydrogens is 484 g/mol. The first-order valence-corrected chi connectivity index (χ1v) is 15.3. The number of benzene rings is 2. The highest BCUT2D eigenvalue weighted by Gasteiger charge is 2.49. The van der Waals surface area contributed by atoms with E-state index in [9.17, 15) is 13.2 Å². The molecule has 1 amide bonds. The highest BCUT2D eigenvalue weighted by molar-refractivity contribution is 7.89. The summed E-state index contributed by atoms with van der Waals surface area (Å²) in [7, 11) is -3.57. The zero-order chi connectivity index (χ0) is 25.7. The van der Waals surface area contributed by atoms with Crippen molar-refractivity contribution in [3.63, 3.8) is 0 Å². The van der Waals surface area contributed by atoms with Crippen LogP contribution < -0.4 is 10.0 Å². The molecule has 1 aliphatic carbocycles.